The predicted octanol–water partition coefficient (Wildman–Crippen LogP) is 2.77. The van der Waals surface area contributed by atoms with Gasteiger partial charge in [0.25, 0.3) is 5.91 Å². The molecule has 0 saturated carbocycles. The van der Waals surface area contributed by atoms with E-state index in [1.165, 1.54) is 22.8 Å². The summed E-state index contributed by atoms with van der Waals surface area (Å²) in [5, 5.41) is 4.39. The van der Waals surface area contributed by atoms with Crippen LogP contribution in [0.2, 0.25) is 0 Å². The highest BCUT2D eigenvalue weighted by molar-refractivity contribution is 8.06. The van der Waals surface area contributed by atoms with Gasteiger partial charge < -0.3 is 11.1 Å². The number of hydrogen-bond donors (Lipinski definition) is 2. The van der Waals surface area contributed by atoms with Gasteiger partial charge in [-0.25, -0.2) is 4.98 Å². The molecule has 1 atom stereocenters. The molecule has 0 aliphatic carbocycles. The molecule has 0 aromatic carbocycles. The van der Waals surface area contributed by atoms with Crippen molar-refractivity contribution in [3.05, 3.63) is 22.7 Å². The van der Waals surface area contributed by atoms with E-state index in [0.29, 0.717) is 22.4 Å². The lowest BCUT2D eigenvalue weighted by Crippen LogP contribution is -2.33. The lowest BCUT2D eigenvalue weighted by atomic mass is 10.2. The standard InChI is InChI=1S/C14H17N3OS3/c1-8-2-3-10-11(15)12(21-14(10)17-8)13(18)16-6-9-7-19-4-5-20-9/h2-3,9H,4-7,15H2,1H3,(H,16,18). The number of nitrogens with one attached hydrogen (secondary N) is 1. The smallest absolute Gasteiger partial charge is 0.263 e. The van der Waals surface area contributed by atoms with Crippen LogP contribution in [0.3, 0.4) is 0 Å². The van der Waals surface area contributed by atoms with Crippen molar-refractivity contribution in [1.29, 1.82) is 0 Å². The minimum Gasteiger partial charge on any atom is -0.397 e. The summed E-state index contributed by atoms with van der Waals surface area (Å²) >= 11 is 5.26. The minimum absolute atomic E-state index is 0.0793. The van der Waals surface area contributed by atoms with Gasteiger partial charge in [-0.15, -0.1) is 11.3 Å². The Balaban J connectivity index is 1.73. The third kappa shape index (κ3) is 3.30. The molecule has 4 nitrogen and oxygen atoms in total. The molecule has 0 spiro atoms. The third-order valence-corrected chi connectivity index (χ3v) is 7.27. The Hall–Kier alpha value is -0.920. The number of nitrogen functional groups attached to an aromatic ring is 1. The van der Waals surface area contributed by atoms with Gasteiger partial charge in [0, 0.05) is 40.1 Å². The minimum atomic E-state index is -0.0793. The monoisotopic (exact) mass is 339 g/mol. The average molecular weight is 340 g/mol. The van der Waals surface area contributed by atoms with Crippen molar-refractivity contribution in [3.8, 4) is 0 Å². The fourth-order valence-electron chi connectivity index (χ4n) is 2.20. The van der Waals surface area contributed by atoms with Gasteiger partial charge in [0.2, 0.25) is 0 Å². The maximum Gasteiger partial charge on any atom is 0.263 e. The van der Waals surface area contributed by atoms with Gasteiger partial charge in [-0.3, -0.25) is 4.79 Å². The molecule has 3 N–H and O–H groups in total. The van der Waals surface area contributed by atoms with Gasteiger partial charge in [-0.1, -0.05) is 0 Å². The summed E-state index contributed by atoms with van der Waals surface area (Å²) in [5.74, 6) is 3.40. The molecule has 112 valence electrons. The average Bonchev–Trinajstić information content (AvgIpc) is 2.82. The quantitative estimate of drug-likeness (QED) is 0.900. The van der Waals surface area contributed by atoms with Crippen LogP contribution in [-0.4, -0.2) is 39.9 Å². The van der Waals surface area contributed by atoms with Crippen molar-refractivity contribution in [1.82, 2.24) is 10.3 Å². The van der Waals surface area contributed by atoms with Gasteiger partial charge >= 0.3 is 0 Å². The van der Waals surface area contributed by atoms with Crippen molar-refractivity contribution in [2.24, 2.45) is 0 Å². The van der Waals surface area contributed by atoms with Crippen LogP contribution in [0.5, 0.6) is 0 Å². The zero-order valence-electron chi connectivity index (χ0n) is 11.7. The Bertz CT molecular complexity index is 665. The predicted molar refractivity (Wildman–Crippen MR) is 94.7 cm³/mol. The number of carbonyl (C=O) groups excluding carboxylic acids is 1. The first-order valence-corrected chi connectivity index (χ1v) is 9.80. The summed E-state index contributed by atoms with van der Waals surface area (Å²) < 4.78 is 0. The normalized spacial score (nSPS) is 18.8. The van der Waals surface area contributed by atoms with E-state index < -0.39 is 0 Å². The van der Waals surface area contributed by atoms with E-state index in [4.69, 9.17) is 5.73 Å². The van der Waals surface area contributed by atoms with Crippen LogP contribution in [0, 0.1) is 6.92 Å². The molecule has 1 fully saturated rings. The molecule has 0 bridgehead atoms. The molecule has 1 unspecified atom stereocenters. The number of thiophene rings is 1. The number of aromatic nitrogens is 1. The first-order chi connectivity index (χ1) is 10.1. The van der Waals surface area contributed by atoms with Crippen LogP contribution < -0.4 is 11.1 Å². The fraction of sp³-hybridized carbons (Fsp3) is 0.429. The molecule has 21 heavy (non-hydrogen) atoms. The Kier molecular flexibility index (Phi) is 4.61. The van der Waals surface area contributed by atoms with Gasteiger partial charge in [0.15, 0.2) is 0 Å². The van der Waals surface area contributed by atoms with Crippen molar-refractivity contribution >= 4 is 56.7 Å². The van der Waals surface area contributed by atoms with E-state index in [1.807, 2.05) is 42.6 Å². The second kappa shape index (κ2) is 6.46. The molecule has 3 heterocycles. The van der Waals surface area contributed by atoms with Crippen molar-refractivity contribution in [2.75, 3.05) is 29.5 Å². The van der Waals surface area contributed by atoms with E-state index in [-0.39, 0.29) is 5.91 Å². The number of nitrogens with two attached hydrogens (primary N) is 1. The van der Waals surface area contributed by atoms with Crippen LogP contribution in [0.15, 0.2) is 12.1 Å². The molecule has 1 amide bonds. The SMILES string of the molecule is Cc1ccc2c(N)c(C(=O)NCC3CSCCS3)sc2n1. The zero-order chi connectivity index (χ0) is 14.8. The largest absolute Gasteiger partial charge is 0.397 e. The maximum absolute atomic E-state index is 12.3. The highest BCUT2D eigenvalue weighted by atomic mass is 32.2. The second-order valence-corrected chi connectivity index (χ2v) is 8.49. The number of pyridine rings is 1. The lowest BCUT2D eigenvalue weighted by molar-refractivity contribution is 0.0959. The lowest BCUT2D eigenvalue weighted by Gasteiger charge is -2.20. The molecular formula is C14H17N3OS3. The molecular weight excluding hydrogens is 322 g/mol. The van der Waals surface area contributed by atoms with Crippen LogP contribution in [0.4, 0.5) is 5.69 Å². The van der Waals surface area contributed by atoms with Gasteiger partial charge in [0.1, 0.15) is 9.71 Å². The summed E-state index contributed by atoms with van der Waals surface area (Å²) in [5.41, 5.74) is 7.58. The summed E-state index contributed by atoms with van der Waals surface area (Å²) in [6, 6.07) is 3.86. The number of nitrogens with zero attached hydrogens (tertiary/aromatic N) is 1. The van der Waals surface area contributed by atoms with E-state index in [9.17, 15) is 4.79 Å². The van der Waals surface area contributed by atoms with Crippen molar-refractivity contribution in [3.63, 3.8) is 0 Å². The van der Waals surface area contributed by atoms with Gasteiger partial charge in [-0.2, -0.15) is 23.5 Å². The highest BCUT2D eigenvalue weighted by Gasteiger charge is 2.19. The van der Waals surface area contributed by atoms with Crippen LogP contribution >= 0.6 is 34.9 Å². The molecule has 1 saturated heterocycles. The van der Waals surface area contributed by atoms with Crippen LogP contribution in [0.25, 0.3) is 10.2 Å². The molecule has 2 aromatic heterocycles. The van der Waals surface area contributed by atoms with E-state index >= 15 is 0 Å². The number of aryl methyl sites for hydroxylation is 1. The molecule has 1 aliphatic rings. The number of anilines is 1. The van der Waals surface area contributed by atoms with Crippen LogP contribution in [0.1, 0.15) is 15.4 Å². The molecule has 7 heteroatoms. The summed E-state index contributed by atoms with van der Waals surface area (Å²) in [7, 11) is 0. The summed E-state index contributed by atoms with van der Waals surface area (Å²) in [6.07, 6.45) is 0. The number of hydrogen-bond acceptors (Lipinski definition) is 6. The van der Waals surface area contributed by atoms with Gasteiger partial charge in [-0.05, 0) is 19.1 Å². The highest BCUT2D eigenvalue weighted by Crippen LogP contribution is 2.32. The fourth-order valence-corrected chi connectivity index (χ4v) is 5.87. The van der Waals surface area contributed by atoms with E-state index in [0.717, 1.165) is 21.7 Å². The van der Waals surface area contributed by atoms with E-state index in [2.05, 4.69) is 10.3 Å². The molecule has 1 aliphatic heterocycles. The second-order valence-electron chi connectivity index (χ2n) is 4.93. The number of rotatable bonds is 3. The van der Waals surface area contributed by atoms with Crippen molar-refractivity contribution < 1.29 is 4.79 Å². The Morgan fingerprint density at radius 1 is 1.48 bits per heavy atom. The van der Waals surface area contributed by atoms with Gasteiger partial charge in [0.05, 0.1) is 5.69 Å². The topological polar surface area (TPSA) is 68.0 Å². The number of thioether (sulfide) groups is 2. The first kappa shape index (κ1) is 15.0. The maximum atomic E-state index is 12.3. The third-order valence-electron chi connectivity index (χ3n) is 3.31. The van der Waals surface area contributed by atoms with Crippen LogP contribution in [-0.2, 0) is 0 Å². The first-order valence-electron chi connectivity index (χ1n) is 6.78. The van der Waals surface area contributed by atoms with Crippen molar-refractivity contribution in [2.45, 2.75) is 12.2 Å². The summed E-state index contributed by atoms with van der Waals surface area (Å²) in [4.78, 5) is 18.2. The zero-order valence-corrected chi connectivity index (χ0v) is 14.2. The Morgan fingerprint density at radius 2 is 2.33 bits per heavy atom. The number of carbonyl (C=O) groups is 1. The molecule has 2 aromatic rings. The number of fused-ring (bicyclic) bond motifs is 1. The Morgan fingerprint density at radius 3 is 3.10 bits per heavy atom. The summed E-state index contributed by atoms with van der Waals surface area (Å²) in [6.45, 7) is 2.64. The molecule has 0 radical (unpaired) electrons. The number of amides is 1. The molecule has 3 rings (SSSR count). The Labute approximate surface area is 136 Å². The van der Waals surface area contributed by atoms with E-state index in [1.54, 1.807) is 0 Å².